The zero-order chi connectivity index (χ0) is 17.2. The molecule has 2 fully saturated rings. The SMILES string of the molecule is N#Cc1ccc(C(F)(F)F)c(NC[C@@H]2COC3(CCOCC3)O2)c1. The molecule has 0 aromatic heterocycles. The van der Waals surface area contributed by atoms with Gasteiger partial charge >= 0.3 is 6.18 Å². The van der Waals surface area contributed by atoms with Crippen LogP contribution in [0.3, 0.4) is 0 Å². The molecule has 1 aromatic carbocycles. The highest BCUT2D eigenvalue weighted by Crippen LogP contribution is 2.36. The van der Waals surface area contributed by atoms with E-state index in [-0.39, 0.29) is 23.9 Å². The maximum atomic E-state index is 13.1. The molecular formula is C16H17F3N2O3. The molecule has 24 heavy (non-hydrogen) atoms. The summed E-state index contributed by atoms with van der Waals surface area (Å²) in [6, 6.07) is 5.10. The lowest BCUT2D eigenvalue weighted by Crippen LogP contribution is -2.38. The van der Waals surface area contributed by atoms with Crippen LogP contribution in [0.5, 0.6) is 0 Å². The maximum absolute atomic E-state index is 13.1. The molecule has 1 N–H and O–H groups in total. The average molecular weight is 342 g/mol. The van der Waals surface area contributed by atoms with E-state index in [0.717, 1.165) is 12.1 Å². The van der Waals surface area contributed by atoms with Crippen molar-refractivity contribution in [3.8, 4) is 6.07 Å². The van der Waals surface area contributed by atoms with E-state index in [9.17, 15) is 13.2 Å². The first-order valence-electron chi connectivity index (χ1n) is 7.67. The lowest BCUT2D eigenvalue weighted by molar-refractivity contribution is -0.209. The molecule has 0 aliphatic carbocycles. The number of halogens is 3. The first-order chi connectivity index (χ1) is 11.4. The van der Waals surface area contributed by atoms with E-state index in [1.807, 2.05) is 6.07 Å². The van der Waals surface area contributed by atoms with Crippen molar-refractivity contribution >= 4 is 5.69 Å². The second kappa shape index (κ2) is 6.59. The fourth-order valence-electron chi connectivity index (χ4n) is 2.89. The standard InChI is InChI=1S/C16H17F3N2O3/c17-16(18,19)13-2-1-11(8-20)7-14(13)21-9-12-10-23-15(24-12)3-5-22-6-4-15/h1-2,7,12,21H,3-6,9-10H2/t12-/m1/s1. The van der Waals surface area contributed by atoms with Crippen LogP contribution in [-0.2, 0) is 20.4 Å². The van der Waals surface area contributed by atoms with Gasteiger partial charge in [-0.25, -0.2) is 0 Å². The van der Waals surface area contributed by atoms with Gasteiger partial charge in [-0.05, 0) is 18.2 Å². The number of nitrogens with one attached hydrogen (secondary N) is 1. The zero-order valence-electron chi connectivity index (χ0n) is 12.9. The minimum absolute atomic E-state index is 0.127. The predicted octanol–water partition coefficient (Wildman–Crippen LogP) is 2.91. The molecule has 130 valence electrons. The van der Waals surface area contributed by atoms with Crippen LogP contribution < -0.4 is 5.32 Å². The van der Waals surface area contributed by atoms with E-state index in [1.54, 1.807) is 0 Å². The van der Waals surface area contributed by atoms with Crippen molar-refractivity contribution in [1.82, 2.24) is 0 Å². The van der Waals surface area contributed by atoms with Gasteiger partial charge in [-0.1, -0.05) is 0 Å². The molecule has 1 atom stereocenters. The Hall–Kier alpha value is -1.82. The summed E-state index contributed by atoms with van der Waals surface area (Å²) in [6.45, 7) is 1.57. The van der Waals surface area contributed by atoms with Crippen molar-refractivity contribution in [3.63, 3.8) is 0 Å². The van der Waals surface area contributed by atoms with Gasteiger partial charge in [0, 0.05) is 25.1 Å². The Balaban J connectivity index is 1.67. The molecule has 2 saturated heterocycles. The van der Waals surface area contributed by atoms with Crippen molar-refractivity contribution in [2.24, 2.45) is 0 Å². The van der Waals surface area contributed by atoms with Crippen LogP contribution in [0, 0.1) is 11.3 Å². The summed E-state index contributed by atoms with van der Waals surface area (Å²) >= 11 is 0. The third-order valence-corrected chi connectivity index (χ3v) is 4.14. The molecule has 0 saturated carbocycles. The number of nitrogens with zero attached hydrogens (tertiary/aromatic N) is 1. The molecule has 8 heteroatoms. The Kier molecular flexibility index (Phi) is 4.67. The fraction of sp³-hybridized carbons (Fsp3) is 0.562. The van der Waals surface area contributed by atoms with Crippen molar-refractivity contribution in [2.45, 2.75) is 30.9 Å². The Labute approximate surface area is 137 Å². The normalized spacial score (nSPS) is 23.2. The highest BCUT2D eigenvalue weighted by atomic mass is 19.4. The second-order valence-electron chi connectivity index (χ2n) is 5.82. The Bertz CT molecular complexity index is 636. The van der Waals surface area contributed by atoms with Gasteiger partial charge < -0.3 is 19.5 Å². The Morgan fingerprint density at radius 3 is 2.71 bits per heavy atom. The van der Waals surface area contributed by atoms with Crippen LogP contribution in [0.25, 0.3) is 0 Å². The monoisotopic (exact) mass is 342 g/mol. The molecule has 2 aliphatic rings. The molecule has 0 amide bonds. The number of alkyl halides is 3. The molecular weight excluding hydrogens is 325 g/mol. The smallest absolute Gasteiger partial charge is 0.382 e. The van der Waals surface area contributed by atoms with E-state index in [0.29, 0.717) is 32.7 Å². The molecule has 1 aromatic rings. The first kappa shape index (κ1) is 17.0. The highest BCUT2D eigenvalue weighted by molar-refractivity contribution is 5.57. The Morgan fingerprint density at radius 2 is 2.04 bits per heavy atom. The zero-order valence-corrected chi connectivity index (χ0v) is 12.9. The van der Waals surface area contributed by atoms with Gasteiger partial charge in [-0.15, -0.1) is 0 Å². The minimum atomic E-state index is -4.49. The summed E-state index contributed by atoms with van der Waals surface area (Å²) < 4.78 is 56.1. The summed E-state index contributed by atoms with van der Waals surface area (Å²) in [4.78, 5) is 0. The number of hydrogen-bond donors (Lipinski definition) is 1. The van der Waals surface area contributed by atoms with Gasteiger partial charge in [-0.3, -0.25) is 0 Å². The van der Waals surface area contributed by atoms with Crippen LogP contribution in [0.1, 0.15) is 24.0 Å². The third-order valence-electron chi connectivity index (χ3n) is 4.14. The van der Waals surface area contributed by atoms with Crippen LogP contribution in [-0.4, -0.2) is 38.3 Å². The van der Waals surface area contributed by atoms with Crippen LogP contribution in [0.15, 0.2) is 18.2 Å². The average Bonchev–Trinajstić information content (AvgIpc) is 2.95. The summed E-state index contributed by atoms with van der Waals surface area (Å²) in [7, 11) is 0. The molecule has 2 aliphatic heterocycles. The number of nitriles is 1. The highest BCUT2D eigenvalue weighted by Gasteiger charge is 2.43. The van der Waals surface area contributed by atoms with E-state index in [4.69, 9.17) is 19.5 Å². The van der Waals surface area contributed by atoms with Gasteiger partial charge in [0.15, 0.2) is 5.79 Å². The molecule has 0 unspecified atom stereocenters. The number of benzene rings is 1. The van der Waals surface area contributed by atoms with E-state index < -0.39 is 17.5 Å². The number of ether oxygens (including phenoxy) is 3. The quantitative estimate of drug-likeness (QED) is 0.915. The maximum Gasteiger partial charge on any atom is 0.418 e. The number of rotatable bonds is 3. The van der Waals surface area contributed by atoms with Crippen LogP contribution in [0.4, 0.5) is 18.9 Å². The molecule has 3 rings (SSSR count). The number of hydrogen-bond acceptors (Lipinski definition) is 5. The first-order valence-corrected chi connectivity index (χ1v) is 7.67. The fourth-order valence-corrected chi connectivity index (χ4v) is 2.89. The molecule has 0 bridgehead atoms. The van der Waals surface area contributed by atoms with Gasteiger partial charge in [-0.2, -0.15) is 18.4 Å². The minimum Gasteiger partial charge on any atom is -0.382 e. The topological polar surface area (TPSA) is 63.5 Å². The van der Waals surface area contributed by atoms with Crippen LogP contribution >= 0.6 is 0 Å². The van der Waals surface area contributed by atoms with E-state index >= 15 is 0 Å². The summed E-state index contributed by atoms with van der Waals surface area (Å²) in [5, 5.41) is 11.6. The van der Waals surface area contributed by atoms with Crippen molar-refractivity contribution in [2.75, 3.05) is 31.7 Å². The van der Waals surface area contributed by atoms with Crippen molar-refractivity contribution in [1.29, 1.82) is 5.26 Å². The Morgan fingerprint density at radius 1 is 1.29 bits per heavy atom. The summed E-state index contributed by atoms with van der Waals surface area (Å²) in [5.41, 5.74) is -0.769. The second-order valence-corrected chi connectivity index (χ2v) is 5.82. The third kappa shape index (κ3) is 3.64. The lowest BCUT2D eigenvalue weighted by atomic mass is 10.1. The van der Waals surface area contributed by atoms with Gasteiger partial charge in [0.1, 0.15) is 6.10 Å². The van der Waals surface area contributed by atoms with Crippen molar-refractivity contribution in [3.05, 3.63) is 29.3 Å². The van der Waals surface area contributed by atoms with E-state index in [1.165, 1.54) is 6.07 Å². The molecule has 2 heterocycles. The van der Waals surface area contributed by atoms with E-state index in [2.05, 4.69) is 5.32 Å². The summed E-state index contributed by atoms with van der Waals surface area (Å²) in [5.74, 6) is -0.675. The van der Waals surface area contributed by atoms with Crippen molar-refractivity contribution < 1.29 is 27.4 Å². The van der Waals surface area contributed by atoms with Gasteiger partial charge in [0.25, 0.3) is 0 Å². The van der Waals surface area contributed by atoms with Gasteiger partial charge in [0.05, 0.1) is 37.0 Å². The summed E-state index contributed by atoms with van der Waals surface area (Å²) in [6.07, 6.45) is -3.62. The largest absolute Gasteiger partial charge is 0.418 e. The predicted molar refractivity (Wildman–Crippen MR) is 78.3 cm³/mol. The van der Waals surface area contributed by atoms with Crippen LogP contribution in [0.2, 0.25) is 0 Å². The van der Waals surface area contributed by atoms with Gasteiger partial charge in [0.2, 0.25) is 0 Å². The molecule has 0 radical (unpaired) electrons. The lowest BCUT2D eigenvalue weighted by Gasteiger charge is -2.31. The number of anilines is 1. The molecule has 1 spiro atoms. The molecule has 5 nitrogen and oxygen atoms in total.